The van der Waals surface area contributed by atoms with E-state index >= 15 is 0 Å². The Balaban J connectivity index is 1.49. The molecule has 2 saturated carbocycles. The lowest BCUT2D eigenvalue weighted by atomic mass is 9.85. The number of ether oxygens (including phenoxy) is 1. The number of hydrogen-bond acceptors (Lipinski definition) is 8. The van der Waals surface area contributed by atoms with E-state index in [0.29, 0.717) is 24.9 Å². The molecule has 0 radical (unpaired) electrons. The average Bonchev–Trinajstić information content (AvgIpc) is 3.50. The number of Topliss-reactive ketones (excluding diaryl/α,β-unsaturated/α-hetero) is 1. The molecule has 1 aromatic rings. The van der Waals surface area contributed by atoms with Crippen LogP contribution in [0.15, 0.2) is 30.3 Å². The Labute approximate surface area is 312 Å². The third-order valence-corrected chi connectivity index (χ3v) is 10.7. The van der Waals surface area contributed by atoms with Crippen LogP contribution in [0.3, 0.4) is 0 Å². The molecular weight excluding hydrogens is 680 g/mol. The minimum absolute atomic E-state index is 0.0332. The first-order chi connectivity index (χ1) is 24.5. The van der Waals surface area contributed by atoms with Crippen molar-refractivity contribution in [1.82, 2.24) is 31.1 Å². The Morgan fingerprint density at radius 3 is 2.06 bits per heavy atom. The molecule has 4 rings (SSSR count). The number of nitrogens with one attached hydrogen (secondary N) is 4. The molecule has 1 aliphatic heterocycles. The summed E-state index contributed by atoms with van der Waals surface area (Å²) in [6.07, 6.45) is 2.14. The Bertz CT molecular complexity index is 1570. The van der Waals surface area contributed by atoms with Gasteiger partial charge in [-0.2, -0.15) is 0 Å². The number of carbonyl (C=O) groups is 7. The van der Waals surface area contributed by atoms with E-state index in [1.807, 2.05) is 34.6 Å². The first kappa shape index (κ1) is 41.3. The average molecular weight is 739 g/mol. The van der Waals surface area contributed by atoms with E-state index in [4.69, 9.17) is 4.74 Å². The van der Waals surface area contributed by atoms with Crippen molar-refractivity contribution in [2.45, 2.75) is 111 Å². The lowest BCUT2D eigenvalue weighted by molar-refractivity contribution is -0.146. The second kappa shape index (κ2) is 15.9. The summed E-state index contributed by atoms with van der Waals surface area (Å²) in [6, 6.07) is 4.57. The molecule has 0 bridgehead atoms. The number of hydrogen-bond donors (Lipinski definition) is 4. The zero-order valence-corrected chi connectivity index (χ0v) is 32.8. The van der Waals surface area contributed by atoms with Crippen LogP contribution in [0.5, 0.6) is 0 Å². The third-order valence-electron chi connectivity index (χ3n) is 10.7. The zero-order valence-electron chi connectivity index (χ0n) is 32.8. The number of ketones is 1. The lowest BCUT2D eigenvalue weighted by Gasteiger charge is -2.38. The van der Waals surface area contributed by atoms with Crippen molar-refractivity contribution in [2.24, 2.45) is 28.6 Å². The molecule has 14 nitrogen and oxygen atoms in total. The van der Waals surface area contributed by atoms with Gasteiger partial charge in [-0.1, -0.05) is 77.8 Å². The third kappa shape index (κ3) is 9.74. The molecule has 14 heteroatoms. The SMILES string of the molecule is CN(C)C(=O)[C@@H](NC(=O)CNC(=O)C(=O)C(NC(=O)[C@@H]1C2[C@H](CN1C(=O)[C@@H](NC(=O)OC(C)(C)C)C(C)(C)C)C2(C)C)C1CCCC1)c1ccccc1. The monoisotopic (exact) mass is 738 g/mol. The number of fused-ring (bicyclic) bond motifs is 1. The maximum atomic E-state index is 14.3. The van der Waals surface area contributed by atoms with Crippen LogP contribution < -0.4 is 21.3 Å². The number of rotatable bonds is 12. The van der Waals surface area contributed by atoms with Gasteiger partial charge in [-0.15, -0.1) is 0 Å². The number of likely N-dealkylation sites (N-methyl/N-ethyl adjacent to an activating group) is 1. The molecule has 1 saturated heterocycles. The topological polar surface area (TPSA) is 183 Å². The van der Waals surface area contributed by atoms with E-state index in [2.05, 4.69) is 21.3 Å². The molecule has 1 aromatic carbocycles. The standard InChI is InChI=1S/C39H58N6O8/c1-37(2,3)31(43-36(52)53-38(4,5)6)35(51)45-21-24-26(39(24,7)8)29(45)32(48)42-27(22-18-14-15-19-22)30(47)33(49)40-20-25(46)41-28(34(50)44(9)10)23-16-12-11-13-17-23/h11-13,16-17,22,24,26-29,31H,14-15,18-21H2,1-10H3,(H,40,49)(H,41,46)(H,42,48)(H,43,52)/t24-,26?,27?,28-,29-,31+/m0/s1. The highest BCUT2D eigenvalue weighted by Crippen LogP contribution is 2.65. The summed E-state index contributed by atoms with van der Waals surface area (Å²) in [6.45, 7) is 14.4. The molecule has 53 heavy (non-hydrogen) atoms. The van der Waals surface area contributed by atoms with Gasteiger partial charge in [-0.05, 0) is 67.8 Å². The molecule has 2 aliphatic carbocycles. The van der Waals surface area contributed by atoms with Gasteiger partial charge in [0.2, 0.25) is 29.4 Å². The van der Waals surface area contributed by atoms with E-state index in [1.165, 1.54) is 9.80 Å². The summed E-state index contributed by atoms with van der Waals surface area (Å²) >= 11 is 0. The smallest absolute Gasteiger partial charge is 0.408 e. The van der Waals surface area contributed by atoms with E-state index in [0.717, 1.165) is 12.8 Å². The number of nitrogens with zero attached hydrogens (tertiary/aromatic N) is 2. The summed E-state index contributed by atoms with van der Waals surface area (Å²) in [7, 11) is 3.13. The molecule has 4 N–H and O–H groups in total. The maximum Gasteiger partial charge on any atom is 0.408 e. The minimum atomic E-state index is -1.17. The van der Waals surface area contributed by atoms with Crippen LogP contribution in [-0.4, -0.2) is 102 Å². The molecule has 6 amide bonds. The normalized spacial score (nSPS) is 22.4. The van der Waals surface area contributed by atoms with E-state index < -0.39 is 77.2 Å². The van der Waals surface area contributed by atoms with Crippen molar-refractivity contribution in [3.63, 3.8) is 0 Å². The van der Waals surface area contributed by atoms with Gasteiger partial charge in [0.05, 0.1) is 6.54 Å². The minimum Gasteiger partial charge on any atom is -0.444 e. The predicted molar refractivity (Wildman–Crippen MR) is 197 cm³/mol. The van der Waals surface area contributed by atoms with Crippen LogP contribution in [0.4, 0.5) is 4.79 Å². The van der Waals surface area contributed by atoms with Crippen molar-refractivity contribution >= 4 is 41.4 Å². The molecule has 0 aromatic heterocycles. The Morgan fingerprint density at radius 1 is 0.906 bits per heavy atom. The van der Waals surface area contributed by atoms with Crippen molar-refractivity contribution in [3.8, 4) is 0 Å². The zero-order chi connectivity index (χ0) is 39.6. The summed E-state index contributed by atoms with van der Waals surface area (Å²) < 4.78 is 5.45. The van der Waals surface area contributed by atoms with Gasteiger partial charge in [-0.25, -0.2) is 4.79 Å². The highest BCUT2D eigenvalue weighted by molar-refractivity contribution is 6.38. The van der Waals surface area contributed by atoms with Crippen LogP contribution >= 0.6 is 0 Å². The van der Waals surface area contributed by atoms with Gasteiger partial charge in [0.1, 0.15) is 29.8 Å². The summed E-state index contributed by atoms with van der Waals surface area (Å²) in [5.41, 5.74) is -1.20. The molecule has 2 unspecified atom stereocenters. The van der Waals surface area contributed by atoms with Gasteiger partial charge in [-0.3, -0.25) is 28.8 Å². The number of piperidine rings is 1. The largest absolute Gasteiger partial charge is 0.444 e. The summed E-state index contributed by atoms with van der Waals surface area (Å²) in [5.74, 6) is -4.40. The first-order valence-corrected chi connectivity index (χ1v) is 18.5. The van der Waals surface area contributed by atoms with Crippen LogP contribution in [0.25, 0.3) is 0 Å². The summed E-state index contributed by atoms with van der Waals surface area (Å²) in [4.78, 5) is 97.2. The molecule has 6 atom stereocenters. The van der Waals surface area contributed by atoms with Gasteiger partial charge in [0.15, 0.2) is 0 Å². The fourth-order valence-corrected chi connectivity index (χ4v) is 7.77. The van der Waals surface area contributed by atoms with Gasteiger partial charge in [0, 0.05) is 20.6 Å². The fraction of sp³-hybridized carbons (Fsp3) is 0.667. The molecule has 3 fully saturated rings. The van der Waals surface area contributed by atoms with Crippen molar-refractivity contribution < 1.29 is 38.3 Å². The number of likely N-dealkylation sites (tertiary alicyclic amines) is 1. The number of alkyl carbamates (subject to hydrolysis) is 1. The molecule has 1 heterocycles. The van der Waals surface area contributed by atoms with Crippen LogP contribution in [0, 0.1) is 28.6 Å². The number of carbonyl (C=O) groups excluding carboxylic acids is 7. The van der Waals surface area contributed by atoms with Crippen molar-refractivity contribution in [2.75, 3.05) is 27.2 Å². The lowest BCUT2D eigenvalue weighted by Crippen LogP contribution is -2.61. The second-order valence-corrected chi connectivity index (χ2v) is 17.6. The molecule has 292 valence electrons. The van der Waals surface area contributed by atoms with Crippen LogP contribution in [0.1, 0.15) is 92.7 Å². The van der Waals surface area contributed by atoms with Crippen LogP contribution in [-0.2, 0) is 33.5 Å². The van der Waals surface area contributed by atoms with Gasteiger partial charge >= 0.3 is 6.09 Å². The quantitative estimate of drug-likeness (QED) is 0.236. The Hall–Kier alpha value is -4.49. The molecule has 3 aliphatic rings. The van der Waals surface area contributed by atoms with Crippen LogP contribution in [0.2, 0.25) is 0 Å². The van der Waals surface area contributed by atoms with Crippen molar-refractivity contribution in [1.29, 1.82) is 0 Å². The van der Waals surface area contributed by atoms with Gasteiger partial charge in [0.25, 0.3) is 5.91 Å². The van der Waals surface area contributed by atoms with E-state index in [-0.39, 0.29) is 29.1 Å². The maximum absolute atomic E-state index is 14.3. The fourth-order valence-electron chi connectivity index (χ4n) is 7.77. The number of amides is 6. The first-order valence-electron chi connectivity index (χ1n) is 18.5. The predicted octanol–water partition coefficient (Wildman–Crippen LogP) is 2.71. The molecular formula is C39H58N6O8. The van der Waals surface area contributed by atoms with E-state index in [1.54, 1.807) is 65.2 Å². The highest BCUT2D eigenvalue weighted by atomic mass is 16.6. The van der Waals surface area contributed by atoms with E-state index in [9.17, 15) is 33.6 Å². The Morgan fingerprint density at radius 2 is 1.51 bits per heavy atom. The highest BCUT2D eigenvalue weighted by Gasteiger charge is 2.70. The van der Waals surface area contributed by atoms with Crippen molar-refractivity contribution in [3.05, 3.63) is 35.9 Å². The second-order valence-electron chi connectivity index (χ2n) is 17.6. The molecule has 0 spiro atoms. The summed E-state index contributed by atoms with van der Waals surface area (Å²) in [5, 5.41) is 10.6. The Kier molecular flexibility index (Phi) is 12.3. The van der Waals surface area contributed by atoms with Gasteiger partial charge < -0.3 is 35.8 Å². The number of benzene rings is 1.